The number of phenols is 1. The molecule has 2 unspecified atom stereocenters. The van der Waals surface area contributed by atoms with E-state index < -0.39 is 17.6 Å². The molecule has 5 nitrogen and oxygen atoms in total. The maximum absolute atomic E-state index is 12.0. The quantitative estimate of drug-likeness (QED) is 0.683. The number of ether oxygens (including phenoxy) is 1. The van der Waals surface area contributed by atoms with Crippen molar-refractivity contribution in [1.29, 1.82) is 0 Å². The number of hydrogen-bond acceptors (Lipinski definition) is 5. The Balaban J connectivity index is 2.01. The molecule has 0 saturated heterocycles. The summed E-state index contributed by atoms with van der Waals surface area (Å²) in [6.07, 6.45) is 2.84. The average molecular weight is 273 g/mol. The van der Waals surface area contributed by atoms with Crippen molar-refractivity contribution in [3.8, 4) is 11.5 Å². The molecule has 4 atom stereocenters. The molecule has 1 heterocycles. The number of aromatic hydroxyl groups is 1. The van der Waals surface area contributed by atoms with Gasteiger partial charge in [-0.3, -0.25) is 4.79 Å². The smallest absolute Gasteiger partial charge is 0.196 e. The van der Waals surface area contributed by atoms with Gasteiger partial charge in [-0.1, -0.05) is 6.07 Å². The highest BCUT2D eigenvalue weighted by atomic mass is 16.5. The summed E-state index contributed by atoms with van der Waals surface area (Å²) in [4.78, 5) is 12.0. The Bertz CT molecular complexity index is 654. The standard InChI is InChI=1S/C15H15NO4/c1-16-10-6-7-2-3-8(17)13-11(7)12-14(20-13)9(18)4-5-15(10,12)19/h2-5,10,12,14,16-17,19H,6H2,1H3/t10?,12?,14-,15+/m0/s1. The van der Waals surface area contributed by atoms with Gasteiger partial charge in [0.2, 0.25) is 0 Å². The van der Waals surface area contributed by atoms with Gasteiger partial charge in [-0.2, -0.15) is 0 Å². The van der Waals surface area contributed by atoms with Crippen LogP contribution in [-0.2, 0) is 11.2 Å². The van der Waals surface area contributed by atoms with Crippen LogP contribution in [0.5, 0.6) is 11.5 Å². The number of rotatable bonds is 1. The second-order valence-corrected chi connectivity index (χ2v) is 5.67. The van der Waals surface area contributed by atoms with E-state index in [1.165, 1.54) is 6.08 Å². The van der Waals surface area contributed by atoms with E-state index in [1.807, 2.05) is 6.07 Å². The Morgan fingerprint density at radius 3 is 3.00 bits per heavy atom. The molecule has 3 aliphatic rings. The fraction of sp³-hybridized carbons (Fsp3) is 0.400. The molecular weight excluding hydrogens is 258 g/mol. The van der Waals surface area contributed by atoms with Gasteiger partial charge in [-0.25, -0.2) is 0 Å². The molecule has 0 fully saturated rings. The summed E-state index contributed by atoms with van der Waals surface area (Å²) in [5.74, 6) is -0.250. The Labute approximate surface area is 115 Å². The first-order valence-electron chi connectivity index (χ1n) is 6.70. The summed E-state index contributed by atoms with van der Waals surface area (Å²) in [7, 11) is 1.80. The molecule has 2 aliphatic carbocycles. The predicted octanol–water partition coefficient (Wildman–Crippen LogP) is 0.251. The van der Waals surface area contributed by atoms with Crippen LogP contribution in [-0.4, -0.2) is 40.8 Å². The SMILES string of the molecule is CNC1Cc2ccc(O)c3c2C2[C@@H](O3)C(=O)C=C[C@@]12O. The summed E-state index contributed by atoms with van der Waals surface area (Å²) in [6, 6.07) is 3.23. The first-order chi connectivity index (χ1) is 9.56. The van der Waals surface area contributed by atoms with Gasteiger partial charge in [0.05, 0.1) is 5.92 Å². The molecule has 3 N–H and O–H groups in total. The van der Waals surface area contributed by atoms with Crippen molar-refractivity contribution in [2.24, 2.45) is 0 Å². The first-order valence-corrected chi connectivity index (χ1v) is 6.70. The van der Waals surface area contributed by atoms with Gasteiger partial charge in [0.1, 0.15) is 5.60 Å². The van der Waals surface area contributed by atoms with Gasteiger partial charge in [0.15, 0.2) is 23.4 Å². The largest absolute Gasteiger partial charge is 0.504 e. The van der Waals surface area contributed by atoms with E-state index in [-0.39, 0.29) is 17.6 Å². The minimum absolute atomic E-state index is 0.0243. The molecule has 0 saturated carbocycles. The van der Waals surface area contributed by atoms with Crippen molar-refractivity contribution < 1.29 is 19.7 Å². The Morgan fingerprint density at radius 1 is 1.45 bits per heavy atom. The Kier molecular flexibility index (Phi) is 2.16. The molecule has 0 spiro atoms. The van der Waals surface area contributed by atoms with Crippen molar-refractivity contribution >= 4 is 5.78 Å². The third-order valence-electron chi connectivity index (χ3n) is 4.75. The third kappa shape index (κ3) is 1.22. The molecule has 20 heavy (non-hydrogen) atoms. The Hall–Kier alpha value is -1.85. The fourth-order valence-electron chi connectivity index (χ4n) is 3.78. The van der Waals surface area contributed by atoms with Gasteiger partial charge < -0.3 is 20.3 Å². The van der Waals surface area contributed by atoms with Crippen molar-refractivity contribution in [3.05, 3.63) is 35.4 Å². The molecule has 0 aromatic heterocycles. The van der Waals surface area contributed by atoms with Crippen LogP contribution in [0.15, 0.2) is 24.3 Å². The van der Waals surface area contributed by atoms with E-state index in [1.54, 1.807) is 19.2 Å². The number of carbonyl (C=O) groups excluding carboxylic acids is 1. The molecule has 4 rings (SSSR count). The summed E-state index contributed by atoms with van der Waals surface area (Å²) in [6.45, 7) is 0. The average Bonchev–Trinajstić information content (AvgIpc) is 2.85. The van der Waals surface area contributed by atoms with Crippen molar-refractivity contribution in [2.45, 2.75) is 30.1 Å². The molecule has 1 aliphatic heterocycles. The molecule has 0 bridgehead atoms. The monoisotopic (exact) mass is 273 g/mol. The van der Waals surface area contributed by atoms with Gasteiger partial charge in [-0.15, -0.1) is 0 Å². The van der Waals surface area contributed by atoms with Gasteiger partial charge in [0, 0.05) is 11.6 Å². The predicted molar refractivity (Wildman–Crippen MR) is 70.9 cm³/mol. The number of ketones is 1. The lowest BCUT2D eigenvalue weighted by Crippen LogP contribution is -2.60. The molecule has 5 heteroatoms. The lowest BCUT2D eigenvalue weighted by Gasteiger charge is -2.45. The van der Waals surface area contributed by atoms with E-state index in [9.17, 15) is 15.0 Å². The summed E-state index contributed by atoms with van der Waals surface area (Å²) in [5.41, 5.74) is 0.624. The normalized spacial score (nSPS) is 36.7. The van der Waals surface area contributed by atoms with Crippen LogP contribution in [0, 0.1) is 0 Å². The van der Waals surface area contributed by atoms with Crippen LogP contribution in [0.3, 0.4) is 0 Å². The zero-order chi connectivity index (χ0) is 14.1. The third-order valence-corrected chi connectivity index (χ3v) is 4.75. The summed E-state index contributed by atoms with van der Waals surface area (Å²) in [5, 5.41) is 24.1. The minimum Gasteiger partial charge on any atom is -0.504 e. The molecule has 0 radical (unpaired) electrons. The maximum atomic E-state index is 12.0. The highest BCUT2D eigenvalue weighted by Crippen LogP contribution is 2.55. The lowest BCUT2D eigenvalue weighted by molar-refractivity contribution is -0.126. The molecule has 0 amide bonds. The summed E-state index contributed by atoms with van der Waals surface area (Å²) >= 11 is 0. The van der Waals surface area contributed by atoms with Crippen LogP contribution in [0.1, 0.15) is 17.0 Å². The van der Waals surface area contributed by atoms with E-state index in [0.717, 1.165) is 11.1 Å². The second kappa shape index (κ2) is 3.62. The summed E-state index contributed by atoms with van der Waals surface area (Å²) < 4.78 is 5.66. The van der Waals surface area contributed by atoms with Crippen LogP contribution < -0.4 is 10.1 Å². The zero-order valence-corrected chi connectivity index (χ0v) is 11.0. The lowest BCUT2D eigenvalue weighted by atomic mass is 9.64. The molecule has 104 valence electrons. The van der Waals surface area contributed by atoms with Crippen LogP contribution in [0.25, 0.3) is 0 Å². The molecular formula is C15H15NO4. The highest BCUT2D eigenvalue weighted by Gasteiger charge is 2.58. The van der Waals surface area contributed by atoms with Gasteiger partial charge in [0.25, 0.3) is 0 Å². The van der Waals surface area contributed by atoms with Gasteiger partial charge >= 0.3 is 0 Å². The maximum Gasteiger partial charge on any atom is 0.196 e. The van der Waals surface area contributed by atoms with Crippen LogP contribution in [0.2, 0.25) is 0 Å². The van der Waals surface area contributed by atoms with Crippen LogP contribution >= 0.6 is 0 Å². The van der Waals surface area contributed by atoms with E-state index >= 15 is 0 Å². The zero-order valence-electron chi connectivity index (χ0n) is 11.0. The number of hydrogen-bond donors (Lipinski definition) is 3. The number of phenolic OH excluding ortho intramolecular Hbond substituents is 1. The number of likely N-dealkylation sites (N-methyl/N-ethyl adjacent to an activating group) is 1. The van der Waals surface area contributed by atoms with Crippen LogP contribution in [0.4, 0.5) is 0 Å². The highest BCUT2D eigenvalue weighted by molar-refractivity contribution is 5.97. The molecule has 1 aromatic carbocycles. The molecule has 1 aromatic rings. The second-order valence-electron chi connectivity index (χ2n) is 5.67. The number of nitrogens with one attached hydrogen (secondary N) is 1. The number of benzene rings is 1. The van der Waals surface area contributed by atoms with Crippen molar-refractivity contribution in [1.82, 2.24) is 5.32 Å². The fourth-order valence-corrected chi connectivity index (χ4v) is 3.78. The minimum atomic E-state index is -1.17. The van der Waals surface area contributed by atoms with E-state index in [0.29, 0.717) is 12.2 Å². The van der Waals surface area contributed by atoms with E-state index in [4.69, 9.17) is 4.74 Å². The Morgan fingerprint density at radius 2 is 2.25 bits per heavy atom. The van der Waals surface area contributed by atoms with Crippen molar-refractivity contribution in [2.75, 3.05) is 7.05 Å². The van der Waals surface area contributed by atoms with Crippen molar-refractivity contribution in [3.63, 3.8) is 0 Å². The topological polar surface area (TPSA) is 78.8 Å². The number of aliphatic hydroxyl groups is 1. The van der Waals surface area contributed by atoms with Gasteiger partial charge in [-0.05, 0) is 37.3 Å². The first kappa shape index (κ1) is 11.9. The number of carbonyl (C=O) groups is 1. The van der Waals surface area contributed by atoms with E-state index in [2.05, 4.69) is 5.32 Å².